The van der Waals surface area contributed by atoms with Crippen LogP contribution in [-0.2, 0) is 10.5 Å². The molecule has 0 amide bonds. The van der Waals surface area contributed by atoms with Gasteiger partial charge in [0.2, 0.25) is 11.8 Å². The van der Waals surface area contributed by atoms with E-state index in [1.54, 1.807) is 31.8 Å². The Balaban J connectivity index is 0.000000155. The fourth-order valence-corrected chi connectivity index (χ4v) is 5.08. The van der Waals surface area contributed by atoms with E-state index < -0.39 is 11.7 Å². The Labute approximate surface area is 244 Å². The molecular formula is C28H28N10O5. The zero-order valence-electron chi connectivity index (χ0n) is 23.4. The molecule has 1 unspecified atom stereocenters. The van der Waals surface area contributed by atoms with Gasteiger partial charge in [-0.15, -0.1) is 0 Å². The average molecular weight is 585 g/mol. The Morgan fingerprint density at radius 3 is 2.40 bits per heavy atom. The van der Waals surface area contributed by atoms with Gasteiger partial charge >= 0.3 is 5.97 Å². The molecular weight excluding hydrogens is 556 g/mol. The molecule has 15 nitrogen and oxygen atoms in total. The van der Waals surface area contributed by atoms with Gasteiger partial charge < -0.3 is 35.2 Å². The molecule has 5 aromatic heterocycles. The summed E-state index contributed by atoms with van der Waals surface area (Å²) in [4.78, 5) is 43.6. The topological polar surface area (TPSA) is 193 Å². The number of carbonyl (C=O) groups is 1. The molecule has 2 aliphatic heterocycles. The molecule has 7 heterocycles. The van der Waals surface area contributed by atoms with Crippen LogP contribution in [0.2, 0.25) is 0 Å². The Hall–Kier alpha value is -5.28. The fraction of sp³-hybridized carbons (Fsp3) is 0.286. The number of rotatable bonds is 4. The number of carboxylic acid groups (broad SMARTS) is 1. The average Bonchev–Trinajstić information content (AvgIpc) is 3.33. The first-order chi connectivity index (χ1) is 20.9. The van der Waals surface area contributed by atoms with Crippen molar-refractivity contribution in [1.29, 1.82) is 0 Å². The van der Waals surface area contributed by atoms with E-state index in [0.29, 0.717) is 22.8 Å². The molecule has 1 fully saturated rings. The summed E-state index contributed by atoms with van der Waals surface area (Å²) in [6.45, 7) is 3.91. The summed E-state index contributed by atoms with van der Waals surface area (Å²) >= 11 is 0. The number of aliphatic carboxylic acids is 1. The molecule has 5 aromatic rings. The Bertz CT molecular complexity index is 1860. The molecule has 0 bridgehead atoms. The first kappa shape index (κ1) is 27.9. The van der Waals surface area contributed by atoms with Crippen LogP contribution in [0.3, 0.4) is 0 Å². The molecule has 0 radical (unpaired) electrons. The predicted octanol–water partition coefficient (Wildman–Crippen LogP) is 1.51. The van der Waals surface area contributed by atoms with Crippen molar-refractivity contribution >= 4 is 56.8 Å². The number of methoxy groups -OCH3 is 2. The lowest BCUT2D eigenvalue weighted by Crippen LogP contribution is -2.50. The Kier molecular flexibility index (Phi) is 7.48. The zero-order valence-corrected chi connectivity index (χ0v) is 23.4. The van der Waals surface area contributed by atoms with Gasteiger partial charge in [0.15, 0.2) is 11.3 Å². The third-order valence-corrected chi connectivity index (χ3v) is 7.18. The SMILES string of the molecule is COc1ccc2c(ncc3ncnc(N4CCCNCC4)c32)n1.COc1ccc2c3c(cnc2n1)N=CNC3(O)C(=O)O. The lowest BCUT2D eigenvalue weighted by molar-refractivity contribution is -0.161. The van der Waals surface area contributed by atoms with Gasteiger partial charge in [0.05, 0.1) is 55.1 Å². The van der Waals surface area contributed by atoms with Gasteiger partial charge in [0.1, 0.15) is 12.1 Å². The largest absolute Gasteiger partial charge is 0.481 e. The van der Waals surface area contributed by atoms with Crippen LogP contribution in [0.1, 0.15) is 12.0 Å². The van der Waals surface area contributed by atoms with Crippen LogP contribution in [0.15, 0.2) is 48.0 Å². The molecule has 0 spiro atoms. The number of nitrogens with one attached hydrogen (secondary N) is 2. The van der Waals surface area contributed by atoms with E-state index in [2.05, 4.69) is 50.4 Å². The molecule has 1 saturated heterocycles. The van der Waals surface area contributed by atoms with Crippen LogP contribution in [0.25, 0.3) is 33.0 Å². The molecule has 4 N–H and O–H groups in total. The number of nitrogens with zero attached hydrogens (tertiary/aromatic N) is 8. The number of anilines is 1. The molecule has 7 rings (SSSR count). The highest BCUT2D eigenvalue weighted by Crippen LogP contribution is 2.36. The summed E-state index contributed by atoms with van der Waals surface area (Å²) in [5.41, 5.74) is -0.135. The van der Waals surface area contributed by atoms with Gasteiger partial charge in [-0.3, -0.25) is 0 Å². The van der Waals surface area contributed by atoms with Crippen LogP contribution in [0.4, 0.5) is 11.5 Å². The molecule has 220 valence electrons. The summed E-state index contributed by atoms with van der Waals surface area (Å²) in [7, 11) is 3.07. The second kappa shape index (κ2) is 11.5. The van der Waals surface area contributed by atoms with Gasteiger partial charge in [-0.25, -0.2) is 29.7 Å². The van der Waals surface area contributed by atoms with E-state index in [1.807, 2.05) is 12.1 Å². The number of carboxylic acids is 1. The summed E-state index contributed by atoms with van der Waals surface area (Å²) in [5, 5.41) is 27.7. The highest BCUT2D eigenvalue weighted by molar-refractivity contribution is 6.08. The smallest absolute Gasteiger partial charge is 0.362 e. The molecule has 15 heteroatoms. The maximum absolute atomic E-state index is 11.4. The van der Waals surface area contributed by atoms with Crippen molar-refractivity contribution in [2.24, 2.45) is 4.99 Å². The van der Waals surface area contributed by atoms with Crippen molar-refractivity contribution in [3.8, 4) is 11.8 Å². The van der Waals surface area contributed by atoms with Gasteiger partial charge in [-0.1, -0.05) is 0 Å². The van der Waals surface area contributed by atoms with Crippen LogP contribution in [0.5, 0.6) is 11.8 Å². The standard InChI is InChI=1S/C16H18N6O.C12H10N4O4/c1-23-13-4-3-11-14-12(9-18-15(11)21-13)19-10-20-16(14)22-7-2-5-17-6-8-22;1-20-8-3-2-6-9-7(4-13-10(6)16-8)14-5-15-12(9,19)11(17)18/h3-4,9-10,17H,2,5-8H2,1H3;2-5,19H,1H3,(H,14,15)(H,17,18). The lowest BCUT2D eigenvalue weighted by atomic mass is 9.97. The van der Waals surface area contributed by atoms with Crippen molar-refractivity contribution in [3.05, 3.63) is 48.5 Å². The molecule has 0 saturated carbocycles. The number of hydrogen-bond donors (Lipinski definition) is 4. The zero-order chi connectivity index (χ0) is 30.0. The Morgan fingerprint density at radius 1 is 0.930 bits per heavy atom. The molecule has 2 aliphatic rings. The summed E-state index contributed by atoms with van der Waals surface area (Å²) < 4.78 is 10.2. The number of ether oxygens (including phenoxy) is 2. The monoisotopic (exact) mass is 584 g/mol. The number of fused-ring (bicyclic) bond motifs is 6. The van der Waals surface area contributed by atoms with Crippen molar-refractivity contribution in [2.45, 2.75) is 12.1 Å². The van der Waals surface area contributed by atoms with E-state index in [1.165, 1.54) is 13.3 Å². The van der Waals surface area contributed by atoms with Crippen LogP contribution >= 0.6 is 0 Å². The predicted molar refractivity (Wildman–Crippen MR) is 158 cm³/mol. The molecule has 0 aliphatic carbocycles. The number of hydrogen-bond acceptors (Lipinski definition) is 14. The van der Waals surface area contributed by atoms with Crippen molar-refractivity contribution in [2.75, 3.05) is 45.3 Å². The maximum atomic E-state index is 11.4. The highest BCUT2D eigenvalue weighted by Gasteiger charge is 2.43. The minimum Gasteiger partial charge on any atom is -0.481 e. The Morgan fingerprint density at radius 2 is 1.65 bits per heavy atom. The van der Waals surface area contributed by atoms with E-state index in [0.717, 1.165) is 61.0 Å². The van der Waals surface area contributed by atoms with Gasteiger partial charge in [-0.2, -0.15) is 9.97 Å². The maximum Gasteiger partial charge on any atom is 0.362 e. The number of aliphatic hydroxyl groups is 1. The minimum absolute atomic E-state index is 0.104. The molecule has 1 atom stereocenters. The highest BCUT2D eigenvalue weighted by atomic mass is 16.5. The quantitative estimate of drug-likeness (QED) is 0.222. The van der Waals surface area contributed by atoms with E-state index in [4.69, 9.17) is 9.47 Å². The van der Waals surface area contributed by atoms with E-state index in [9.17, 15) is 15.0 Å². The van der Waals surface area contributed by atoms with Crippen LogP contribution in [-0.4, -0.2) is 92.8 Å². The third kappa shape index (κ3) is 5.15. The van der Waals surface area contributed by atoms with E-state index in [-0.39, 0.29) is 16.9 Å². The van der Waals surface area contributed by atoms with Gasteiger partial charge in [0.25, 0.3) is 5.72 Å². The summed E-state index contributed by atoms with van der Waals surface area (Å²) in [6.07, 6.45) is 6.95. The first-order valence-electron chi connectivity index (χ1n) is 13.4. The summed E-state index contributed by atoms with van der Waals surface area (Å²) in [5.74, 6) is 0.420. The van der Waals surface area contributed by atoms with E-state index >= 15 is 0 Å². The van der Waals surface area contributed by atoms with Crippen LogP contribution < -0.4 is 25.0 Å². The van der Waals surface area contributed by atoms with Gasteiger partial charge in [0, 0.05) is 42.5 Å². The number of aromatic nitrogens is 6. The third-order valence-electron chi connectivity index (χ3n) is 7.18. The minimum atomic E-state index is -2.27. The normalized spacial score (nSPS) is 17.9. The molecule has 43 heavy (non-hydrogen) atoms. The van der Waals surface area contributed by atoms with Crippen molar-refractivity contribution in [3.63, 3.8) is 0 Å². The second-order valence-corrected chi connectivity index (χ2v) is 9.69. The van der Waals surface area contributed by atoms with Gasteiger partial charge in [-0.05, 0) is 25.1 Å². The van der Waals surface area contributed by atoms with Crippen molar-refractivity contribution in [1.82, 2.24) is 40.5 Å². The molecule has 0 aromatic carbocycles. The first-order valence-corrected chi connectivity index (χ1v) is 13.4. The number of aliphatic imine (C=N–C) groups is 1. The fourth-order valence-electron chi connectivity index (χ4n) is 5.08. The van der Waals surface area contributed by atoms with Crippen molar-refractivity contribution < 1.29 is 24.5 Å². The second-order valence-electron chi connectivity index (χ2n) is 9.69. The summed E-state index contributed by atoms with van der Waals surface area (Å²) in [6, 6.07) is 6.98. The van der Waals surface area contributed by atoms with Crippen LogP contribution in [0, 0.1) is 0 Å². The lowest BCUT2D eigenvalue weighted by Gasteiger charge is -2.28. The number of pyridine rings is 4.